The van der Waals surface area contributed by atoms with Gasteiger partial charge in [0, 0.05) is 10.0 Å². The zero-order chi connectivity index (χ0) is 15.4. The molecule has 0 radical (unpaired) electrons. The molecule has 0 saturated heterocycles. The van der Waals surface area contributed by atoms with E-state index in [1.165, 1.54) is 13.2 Å². The third kappa shape index (κ3) is 3.61. The third-order valence-corrected chi connectivity index (χ3v) is 3.83. The zero-order valence-electron chi connectivity index (χ0n) is 11.7. The molecule has 0 heterocycles. The summed E-state index contributed by atoms with van der Waals surface area (Å²) >= 11 is 3.33. The summed E-state index contributed by atoms with van der Waals surface area (Å²) in [6.07, 6.45) is 0. The Labute approximate surface area is 131 Å². The van der Waals surface area contributed by atoms with Crippen molar-refractivity contribution in [2.75, 3.05) is 7.11 Å². The smallest absolute Gasteiger partial charge is 0.253 e. The molecule has 1 N–H and O–H groups in total. The lowest BCUT2D eigenvalue weighted by molar-refractivity contribution is 0.0938. The Morgan fingerprint density at radius 1 is 1.29 bits per heavy atom. The highest BCUT2D eigenvalue weighted by Crippen LogP contribution is 2.24. The summed E-state index contributed by atoms with van der Waals surface area (Å²) in [5.41, 5.74) is 0.891. The number of rotatable bonds is 4. The van der Waals surface area contributed by atoms with Crippen LogP contribution in [0.4, 0.5) is 4.39 Å². The van der Waals surface area contributed by atoms with Gasteiger partial charge in [-0.2, -0.15) is 0 Å². The maximum Gasteiger partial charge on any atom is 0.253 e. The molecular weight excluding hydrogens is 337 g/mol. The molecule has 0 bridgehead atoms. The number of carbonyl (C=O) groups is 1. The van der Waals surface area contributed by atoms with Gasteiger partial charge in [-0.05, 0) is 47.1 Å². The van der Waals surface area contributed by atoms with E-state index in [4.69, 9.17) is 4.74 Å². The second-order valence-electron chi connectivity index (χ2n) is 4.56. The van der Waals surface area contributed by atoms with Crippen molar-refractivity contribution in [3.05, 3.63) is 63.9 Å². The van der Waals surface area contributed by atoms with E-state index in [-0.39, 0.29) is 11.7 Å². The molecule has 1 unspecified atom stereocenters. The van der Waals surface area contributed by atoms with Gasteiger partial charge >= 0.3 is 0 Å². The molecule has 1 atom stereocenters. The molecule has 5 heteroatoms. The van der Waals surface area contributed by atoms with Crippen molar-refractivity contribution in [3.63, 3.8) is 0 Å². The van der Waals surface area contributed by atoms with Gasteiger partial charge in [0.1, 0.15) is 11.6 Å². The SMILES string of the molecule is COc1ccc(Br)c(C(=O)NC(C)c2ccccc2F)c1. The summed E-state index contributed by atoms with van der Waals surface area (Å²) in [6, 6.07) is 11.1. The molecule has 2 aromatic carbocycles. The molecule has 0 aliphatic carbocycles. The number of methoxy groups -OCH3 is 1. The largest absolute Gasteiger partial charge is 0.497 e. The Hall–Kier alpha value is -1.88. The maximum absolute atomic E-state index is 13.7. The van der Waals surface area contributed by atoms with E-state index in [9.17, 15) is 9.18 Å². The summed E-state index contributed by atoms with van der Waals surface area (Å²) < 4.78 is 19.5. The van der Waals surface area contributed by atoms with Gasteiger partial charge < -0.3 is 10.1 Å². The monoisotopic (exact) mass is 351 g/mol. The molecule has 21 heavy (non-hydrogen) atoms. The van der Waals surface area contributed by atoms with Gasteiger partial charge in [0.05, 0.1) is 18.7 Å². The van der Waals surface area contributed by atoms with Crippen LogP contribution in [0.25, 0.3) is 0 Å². The van der Waals surface area contributed by atoms with Crippen LogP contribution in [0.5, 0.6) is 5.75 Å². The molecule has 110 valence electrons. The van der Waals surface area contributed by atoms with E-state index in [2.05, 4.69) is 21.2 Å². The second kappa shape index (κ2) is 6.72. The Bertz CT molecular complexity index is 660. The van der Waals surface area contributed by atoms with Crippen LogP contribution in [0.3, 0.4) is 0 Å². The van der Waals surface area contributed by atoms with E-state index in [0.717, 1.165) is 0 Å². The molecule has 0 fully saturated rings. The van der Waals surface area contributed by atoms with E-state index < -0.39 is 6.04 Å². The highest BCUT2D eigenvalue weighted by Gasteiger charge is 2.16. The molecule has 0 aliphatic rings. The summed E-state index contributed by atoms with van der Waals surface area (Å²) in [4.78, 5) is 12.3. The van der Waals surface area contributed by atoms with Crippen LogP contribution in [0.15, 0.2) is 46.9 Å². The molecule has 3 nitrogen and oxygen atoms in total. The first-order valence-corrected chi connectivity index (χ1v) is 7.21. The van der Waals surface area contributed by atoms with Crippen LogP contribution < -0.4 is 10.1 Å². The van der Waals surface area contributed by atoms with Crippen LogP contribution in [-0.2, 0) is 0 Å². The average molecular weight is 352 g/mol. The number of hydrogen-bond acceptors (Lipinski definition) is 2. The van der Waals surface area contributed by atoms with E-state index in [1.54, 1.807) is 43.3 Å². The van der Waals surface area contributed by atoms with Crippen molar-refractivity contribution in [1.29, 1.82) is 0 Å². The van der Waals surface area contributed by atoms with Crippen LogP contribution in [0.1, 0.15) is 28.9 Å². The molecule has 2 aromatic rings. The predicted octanol–water partition coefficient (Wildman–Crippen LogP) is 4.09. The minimum absolute atomic E-state index is 0.295. The normalized spacial score (nSPS) is 11.8. The van der Waals surface area contributed by atoms with Crippen LogP contribution in [-0.4, -0.2) is 13.0 Å². The zero-order valence-corrected chi connectivity index (χ0v) is 13.3. The average Bonchev–Trinajstić information content (AvgIpc) is 2.48. The fourth-order valence-electron chi connectivity index (χ4n) is 1.98. The van der Waals surface area contributed by atoms with E-state index >= 15 is 0 Å². The molecule has 1 amide bonds. The van der Waals surface area contributed by atoms with Crippen molar-refractivity contribution in [3.8, 4) is 5.75 Å². The van der Waals surface area contributed by atoms with E-state index in [1.807, 2.05) is 0 Å². The van der Waals surface area contributed by atoms with Gasteiger partial charge in [0.25, 0.3) is 5.91 Å². The summed E-state index contributed by atoms with van der Waals surface area (Å²) in [5.74, 6) is -0.0477. The summed E-state index contributed by atoms with van der Waals surface area (Å²) in [5, 5.41) is 2.78. The lowest BCUT2D eigenvalue weighted by Crippen LogP contribution is -2.27. The fourth-order valence-corrected chi connectivity index (χ4v) is 2.41. The van der Waals surface area contributed by atoms with Crippen molar-refractivity contribution < 1.29 is 13.9 Å². The van der Waals surface area contributed by atoms with Crippen LogP contribution >= 0.6 is 15.9 Å². The van der Waals surface area contributed by atoms with Gasteiger partial charge in [0.2, 0.25) is 0 Å². The first kappa shape index (κ1) is 15.5. The Morgan fingerprint density at radius 2 is 2.00 bits per heavy atom. The van der Waals surface area contributed by atoms with E-state index in [0.29, 0.717) is 21.3 Å². The Morgan fingerprint density at radius 3 is 2.67 bits per heavy atom. The lowest BCUT2D eigenvalue weighted by atomic mass is 10.1. The van der Waals surface area contributed by atoms with Crippen molar-refractivity contribution in [2.24, 2.45) is 0 Å². The fraction of sp³-hybridized carbons (Fsp3) is 0.188. The van der Waals surface area contributed by atoms with Gasteiger partial charge in [-0.3, -0.25) is 4.79 Å². The molecule has 0 saturated carbocycles. The second-order valence-corrected chi connectivity index (χ2v) is 5.42. The summed E-state index contributed by atoms with van der Waals surface area (Å²) in [7, 11) is 1.53. The molecule has 0 aromatic heterocycles. The molecular formula is C16H15BrFNO2. The number of benzene rings is 2. The topological polar surface area (TPSA) is 38.3 Å². The maximum atomic E-state index is 13.7. The number of ether oxygens (including phenoxy) is 1. The van der Waals surface area contributed by atoms with Crippen molar-refractivity contribution in [2.45, 2.75) is 13.0 Å². The molecule has 0 spiro atoms. The number of nitrogens with one attached hydrogen (secondary N) is 1. The minimum atomic E-state index is -0.434. The minimum Gasteiger partial charge on any atom is -0.497 e. The third-order valence-electron chi connectivity index (χ3n) is 3.14. The van der Waals surface area contributed by atoms with Gasteiger partial charge in [0.15, 0.2) is 0 Å². The van der Waals surface area contributed by atoms with Crippen molar-refractivity contribution in [1.82, 2.24) is 5.32 Å². The Kier molecular flexibility index (Phi) is 4.96. The molecule has 2 rings (SSSR count). The molecule has 0 aliphatic heterocycles. The van der Waals surface area contributed by atoms with Crippen LogP contribution in [0, 0.1) is 5.82 Å². The quantitative estimate of drug-likeness (QED) is 0.900. The Balaban J connectivity index is 2.20. The highest BCUT2D eigenvalue weighted by atomic mass is 79.9. The highest BCUT2D eigenvalue weighted by molar-refractivity contribution is 9.10. The number of halogens is 2. The summed E-state index contributed by atoms with van der Waals surface area (Å²) in [6.45, 7) is 1.74. The first-order valence-electron chi connectivity index (χ1n) is 6.41. The van der Waals surface area contributed by atoms with Gasteiger partial charge in [-0.15, -0.1) is 0 Å². The predicted molar refractivity (Wildman–Crippen MR) is 83.0 cm³/mol. The number of carbonyl (C=O) groups excluding carboxylic acids is 1. The number of hydrogen-bond donors (Lipinski definition) is 1. The lowest BCUT2D eigenvalue weighted by Gasteiger charge is -2.16. The van der Waals surface area contributed by atoms with Gasteiger partial charge in [-0.25, -0.2) is 4.39 Å². The number of amides is 1. The van der Waals surface area contributed by atoms with Gasteiger partial charge in [-0.1, -0.05) is 18.2 Å². The van der Waals surface area contributed by atoms with Crippen molar-refractivity contribution >= 4 is 21.8 Å². The standard InChI is InChI=1S/C16H15BrFNO2/c1-10(12-5-3-4-6-15(12)18)19-16(20)13-9-11(21-2)7-8-14(13)17/h3-10H,1-2H3,(H,19,20). The van der Waals surface area contributed by atoms with Crippen LogP contribution in [0.2, 0.25) is 0 Å². The first-order chi connectivity index (χ1) is 10.0.